The highest BCUT2D eigenvalue weighted by Gasteiger charge is 2.07. The van der Waals surface area contributed by atoms with Gasteiger partial charge < -0.3 is 5.32 Å². The second kappa shape index (κ2) is 5.73. The van der Waals surface area contributed by atoms with Crippen molar-refractivity contribution < 1.29 is 9.18 Å². The summed E-state index contributed by atoms with van der Waals surface area (Å²) in [5, 5.41) is 3.42. The molecule has 92 valence electrons. The van der Waals surface area contributed by atoms with E-state index in [0.29, 0.717) is 11.0 Å². The van der Waals surface area contributed by atoms with Crippen molar-refractivity contribution in [2.24, 2.45) is 0 Å². The van der Waals surface area contributed by atoms with Gasteiger partial charge in [-0.15, -0.1) is 0 Å². The van der Waals surface area contributed by atoms with Crippen LogP contribution in [0.3, 0.4) is 0 Å². The Balaban J connectivity index is 2.13. The van der Waals surface area contributed by atoms with Crippen molar-refractivity contribution in [2.45, 2.75) is 5.33 Å². The van der Waals surface area contributed by atoms with Gasteiger partial charge in [0.15, 0.2) is 0 Å². The molecular weight excluding hydrogens is 299 g/mol. The summed E-state index contributed by atoms with van der Waals surface area (Å²) in [5.41, 5.74) is 1.92. The zero-order valence-electron chi connectivity index (χ0n) is 9.36. The summed E-state index contributed by atoms with van der Waals surface area (Å²) >= 11 is 3.34. The molecule has 0 spiro atoms. The number of hydrogen-bond donors (Lipinski definition) is 1. The van der Waals surface area contributed by atoms with Crippen molar-refractivity contribution in [3.05, 3.63) is 59.7 Å². The summed E-state index contributed by atoms with van der Waals surface area (Å²) in [6.45, 7) is 0. The van der Waals surface area contributed by atoms with E-state index >= 15 is 0 Å². The number of rotatable bonds is 3. The van der Waals surface area contributed by atoms with Gasteiger partial charge in [0, 0.05) is 11.0 Å². The number of nitrogens with one attached hydrogen (secondary N) is 1. The third-order valence-corrected chi connectivity index (χ3v) is 2.95. The lowest BCUT2D eigenvalue weighted by Gasteiger charge is -2.05. The Morgan fingerprint density at radius 1 is 1.33 bits per heavy atom. The Bertz CT molecular complexity index is 557. The van der Waals surface area contributed by atoms with Gasteiger partial charge in [0.05, 0.1) is 6.20 Å². The van der Waals surface area contributed by atoms with E-state index in [1.807, 2.05) is 18.2 Å². The Morgan fingerprint density at radius 2 is 2.17 bits per heavy atom. The smallest absolute Gasteiger partial charge is 0.274 e. The average Bonchev–Trinajstić information content (AvgIpc) is 2.39. The topological polar surface area (TPSA) is 42.0 Å². The molecule has 0 aliphatic rings. The molecule has 0 radical (unpaired) electrons. The van der Waals surface area contributed by atoms with E-state index in [4.69, 9.17) is 0 Å². The molecule has 0 saturated heterocycles. The summed E-state index contributed by atoms with van der Waals surface area (Å²) in [5.74, 6) is -0.824. The molecule has 0 saturated carbocycles. The predicted molar refractivity (Wildman–Crippen MR) is 71.2 cm³/mol. The van der Waals surface area contributed by atoms with Crippen molar-refractivity contribution in [3.8, 4) is 0 Å². The largest absolute Gasteiger partial charge is 0.321 e. The van der Waals surface area contributed by atoms with Crippen LogP contribution in [-0.2, 0) is 5.33 Å². The van der Waals surface area contributed by atoms with Crippen molar-refractivity contribution >= 4 is 27.5 Å². The van der Waals surface area contributed by atoms with Gasteiger partial charge in [0.1, 0.15) is 11.5 Å². The van der Waals surface area contributed by atoms with Gasteiger partial charge in [-0.3, -0.25) is 4.79 Å². The first-order valence-corrected chi connectivity index (χ1v) is 6.39. The van der Waals surface area contributed by atoms with E-state index in [-0.39, 0.29) is 11.6 Å². The third-order valence-electron chi connectivity index (χ3n) is 2.30. The molecule has 1 heterocycles. The highest BCUT2D eigenvalue weighted by molar-refractivity contribution is 9.08. The fraction of sp³-hybridized carbons (Fsp3) is 0.0769. The van der Waals surface area contributed by atoms with Crippen LogP contribution in [0.25, 0.3) is 0 Å². The molecule has 0 unspecified atom stereocenters. The third kappa shape index (κ3) is 3.13. The van der Waals surface area contributed by atoms with Gasteiger partial charge in [-0.25, -0.2) is 9.37 Å². The molecule has 0 atom stereocenters. The molecule has 0 bridgehead atoms. The van der Waals surface area contributed by atoms with Crippen LogP contribution in [0.1, 0.15) is 16.1 Å². The first-order valence-electron chi connectivity index (χ1n) is 5.27. The normalized spacial score (nSPS) is 10.1. The van der Waals surface area contributed by atoms with Crippen LogP contribution in [0.2, 0.25) is 0 Å². The van der Waals surface area contributed by atoms with Gasteiger partial charge in [-0.1, -0.05) is 28.1 Å². The highest BCUT2D eigenvalue weighted by atomic mass is 79.9. The Hall–Kier alpha value is -1.75. The van der Waals surface area contributed by atoms with E-state index in [2.05, 4.69) is 26.2 Å². The highest BCUT2D eigenvalue weighted by Crippen LogP contribution is 2.14. The Kier molecular flexibility index (Phi) is 4.04. The summed E-state index contributed by atoms with van der Waals surface area (Å²) < 4.78 is 12.7. The number of pyridine rings is 1. The van der Waals surface area contributed by atoms with Crippen LogP contribution in [0.15, 0.2) is 42.6 Å². The number of alkyl halides is 1. The van der Waals surface area contributed by atoms with E-state index in [9.17, 15) is 9.18 Å². The summed E-state index contributed by atoms with van der Waals surface area (Å²) in [6, 6.07) is 9.99. The van der Waals surface area contributed by atoms with Crippen LogP contribution >= 0.6 is 15.9 Å². The lowest BCUT2D eigenvalue weighted by atomic mass is 10.2. The van der Waals surface area contributed by atoms with Crippen LogP contribution in [0, 0.1) is 5.82 Å². The SMILES string of the molecule is O=C(Nc1cccc(CBr)c1)c1ccc(F)cn1. The molecule has 2 rings (SSSR count). The molecule has 2 aromatic rings. The number of anilines is 1. The minimum atomic E-state index is -0.465. The Labute approximate surface area is 112 Å². The maximum atomic E-state index is 12.7. The molecule has 0 aliphatic heterocycles. The molecule has 3 nitrogen and oxygen atoms in total. The van der Waals surface area contributed by atoms with Gasteiger partial charge >= 0.3 is 0 Å². The number of benzene rings is 1. The summed E-state index contributed by atoms with van der Waals surface area (Å²) in [6.07, 6.45) is 1.02. The lowest BCUT2D eigenvalue weighted by molar-refractivity contribution is 0.102. The second-order valence-corrected chi connectivity index (χ2v) is 4.21. The number of hydrogen-bond acceptors (Lipinski definition) is 2. The van der Waals surface area contributed by atoms with Crippen LogP contribution in [0.5, 0.6) is 0 Å². The number of carbonyl (C=O) groups excluding carboxylic acids is 1. The molecule has 1 N–H and O–H groups in total. The van der Waals surface area contributed by atoms with Crippen LogP contribution in [-0.4, -0.2) is 10.9 Å². The van der Waals surface area contributed by atoms with Crippen LogP contribution in [0.4, 0.5) is 10.1 Å². The molecule has 1 aromatic carbocycles. The summed E-state index contributed by atoms with van der Waals surface area (Å²) in [7, 11) is 0. The maximum Gasteiger partial charge on any atom is 0.274 e. The minimum absolute atomic E-state index is 0.181. The molecule has 1 aromatic heterocycles. The fourth-order valence-corrected chi connectivity index (χ4v) is 1.79. The second-order valence-electron chi connectivity index (χ2n) is 3.65. The van der Waals surface area contributed by atoms with Crippen molar-refractivity contribution in [1.82, 2.24) is 4.98 Å². The molecule has 0 aliphatic carbocycles. The molecule has 18 heavy (non-hydrogen) atoms. The van der Waals surface area contributed by atoms with E-state index in [1.54, 1.807) is 6.07 Å². The zero-order chi connectivity index (χ0) is 13.0. The van der Waals surface area contributed by atoms with E-state index in [1.165, 1.54) is 12.1 Å². The first-order chi connectivity index (χ1) is 8.69. The standard InChI is InChI=1S/C13H10BrFN2O/c14-7-9-2-1-3-11(6-9)17-13(18)12-5-4-10(15)8-16-12/h1-6,8H,7H2,(H,17,18). The van der Waals surface area contributed by atoms with Crippen molar-refractivity contribution in [1.29, 1.82) is 0 Å². The maximum absolute atomic E-state index is 12.7. The number of aromatic nitrogens is 1. The first kappa shape index (κ1) is 12.7. The van der Waals surface area contributed by atoms with Crippen molar-refractivity contribution in [3.63, 3.8) is 0 Å². The van der Waals surface area contributed by atoms with Gasteiger partial charge in [-0.2, -0.15) is 0 Å². The Morgan fingerprint density at radius 3 is 2.83 bits per heavy atom. The minimum Gasteiger partial charge on any atom is -0.321 e. The van der Waals surface area contributed by atoms with Crippen molar-refractivity contribution in [2.75, 3.05) is 5.32 Å². The van der Waals surface area contributed by atoms with E-state index < -0.39 is 5.82 Å². The summed E-state index contributed by atoms with van der Waals surface area (Å²) in [4.78, 5) is 15.5. The van der Waals surface area contributed by atoms with Crippen LogP contribution < -0.4 is 5.32 Å². The monoisotopic (exact) mass is 308 g/mol. The molecular formula is C13H10BrFN2O. The quantitative estimate of drug-likeness (QED) is 0.883. The number of carbonyl (C=O) groups is 1. The van der Waals surface area contributed by atoms with E-state index in [0.717, 1.165) is 11.8 Å². The number of halogens is 2. The van der Waals surface area contributed by atoms with Gasteiger partial charge in [0.2, 0.25) is 0 Å². The van der Waals surface area contributed by atoms with Gasteiger partial charge in [0.25, 0.3) is 5.91 Å². The molecule has 1 amide bonds. The predicted octanol–water partition coefficient (Wildman–Crippen LogP) is 3.37. The lowest BCUT2D eigenvalue weighted by Crippen LogP contribution is -2.13. The number of amides is 1. The van der Waals surface area contributed by atoms with Gasteiger partial charge in [-0.05, 0) is 29.8 Å². The zero-order valence-corrected chi connectivity index (χ0v) is 10.9. The molecule has 0 fully saturated rings. The molecule has 5 heteroatoms. The fourth-order valence-electron chi connectivity index (χ4n) is 1.44. The number of nitrogens with zero attached hydrogens (tertiary/aromatic N) is 1. The average molecular weight is 309 g/mol.